The monoisotopic (exact) mass is 1150 g/mol. The number of anilines is 6. The molecule has 0 saturated heterocycles. The van der Waals surface area contributed by atoms with Crippen LogP contribution in [0, 0.1) is 0 Å². The van der Waals surface area contributed by atoms with Crippen molar-refractivity contribution in [2.24, 2.45) is 0 Å². The summed E-state index contributed by atoms with van der Waals surface area (Å²) < 4.78 is 4.81. The third-order valence-corrected chi connectivity index (χ3v) is 17.7. The van der Waals surface area contributed by atoms with E-state index in [4.69, 9.17) is 0 Å². The topological polar surface area (TPSA) is 16.3 Å². The second-order valence-electron chi connectivity index (χ2n) is 23.2. The summed E-state index contributed by atoms with van der Waals surface area (Å²) >= 11 is 0. The maximum absolute atomic E-state index is 2.41. The van der Waals surface area contributed by atoms with Crippen molar-refractivity contribution < 1.29 is 0 Å². The Bertz CT molecular complexity index is 5190. The molecule has 2 heterocycles. The second-order valence-corrected chi connectivity index (χ2v) is 23.2. The molecule has 4 nitrogen and oxygen atoms in total. The van der Waals surface area contributed by atoms with Gasteiger partial charge in [0.2, 0.25) is 0 Å². The van der Waals surface area contributed by atoms with Gasteiger partial charge in [0.25, 0.3) is 0 Å². The largest absolute Gasteiger partial charge is 0.310 e. The number of rotatable bonds is 14. The van der Waals surface area contributed by atoms with Crippen molar-refractivity contribution in [3.63, 3.8) is 0 Å². The predicted molar refractivity (Wildman–Crippen MR) is 383 cm³/mol. The predicted octanol–water partition coefficient (Wildman–Crippen LogP) is 23.7. The standard InChI is InChI=1S/C86H62N4/c1-7-23-63(24-8-1)75-35-19-21-37-77(75)65-45-53-83-79(57-65)81-59-73(51-55-85(81)89(83)69-31-15-5-16-32-69)87(67-27-11-3-12-28-67)71-47-41-61(42-48-71)39-40-62-43-49-72(50-44-62)88(68-29-13-4-14-30-68)74-52-56-86-82(60-74)80-58-66(46-54-84(80)90(86)70-33-17-6-18-34-70)78-38-22-20-36-76(78)64-25-9-2-10-26-64/h1,3-9,11-60H,2,10H2/b40-39+. The van der Waals surface area contributed by atoms with E-state index in [1.807, 2.05) is 0 Å². The molecule has 90 heavy (non-hydrogen) atoms. The minimum absolute atomic E-state index is 1.06. The summed E-state index contributed by atoms with van der Waals surface area (Å²) in [5.74, 6) is 0. The zero-order chi connectivity index (χ0) is 59.7. The van der Waals surface area contributed by atoms with E-state index in [1.165, 1.54) is 82.6 Å². The van der Waals surface area contributed by atoms with Crippen LogP contribution in [0.15, 0.2) is 340 Å². The van der Waals surface area contributed by atoms with Crippen molar-refractivity contribution in [3.8, 4) is 44.8 Å². The molecule has 1 aliphatic carbocycles. The molecule has 0 unspecified atom stereocenters. The van der Waals surface area contributed by atoms with Crippen molar-refractivity contribution in [1.29, 1.82) is 0 Å². The van der Waals surface area contributed by atoms with Crippen molar-refractivity contribution in [2.75, 3.05) is 9.80 Å². The molecule has 0 saturated carbocycles. The van der Waals surface area contributed by atoms with E-state index in [0.29, 0.717) is 0 Å². The fourth-order valence-corrected chi connectivity index (χ4v) is 13.5. The van der Waals surface area contributed by atoms with Gasteiger partial charge in [-0.1, -0.05) is 218 Å². The first-order valence-corrected chi connectivity index (χ1v) is 31.1. The van der Waals surface area contributed by atoms with Crippen LogP contribution in [0.3, 0.4) is 0 Å². The molecule has 4 heteroatoms. The Balaban J connectivity index is 0.727. The van der Waals surface area contributed by atoms with Crippen LogP contribution < -0.4 is 9.80 Å². The molecule has 0 atom stereocenters. The summed E-state index contributed by atoms with van der Waals surface area (Å²) in [5.41, 5.74) is 25.5. The summed E-state index contributed by atoms with van der Waals surface area (Å²) in [6, 6.07) is 117. The lowest BCUT2D eigenvalue weighted by Gasteiger charge is -2.26. The number of allylic oxidation sites excluding steroid dienone is 4. The van der Waals surface area contributed by atoms with Crippen LogP contribution in [-0.4, -0.2) is 9.13 Å². The summed E-state index contributed by atoms with van der Waals surface area (Å²) in [5, 5.41) is 4.80. The van der Waals surface area contributed by atoms with Gasteiger partial charge in [0.15, 0.2) is 0 Å². The summed E-state index contributed by atoms with van der Waals surface area (Å²) in [6.45, 7) is 0. The number of hydrogen-bond donors (Lipinski definition) is 0. The van der Waals surface area contributed by atoms with E-state index in [0.717, 1.165) is 75.0 Å². The highest BCUT2D eigenvalue weighted by molar-refractivity contribution is 6.14. The first-order valence-electron chi connectivity index (χ1n) is 31.1. The number of benzene rings is 13. The molecule has 0 spiro atoms. The zero-order valence-electron chi connectivity index (χ0n) is 49.7. The maximum Gasteiger partial charge on any atom is 0.0542 e. The van der Waals surface area contributed by atoms with Crippen LogP contribution in [0.25, 0.3) is 106 Å². The lowest BCUT2D eigenvalue weighted by atomic mass is 9.91. The average Bonchev–Trinajstić information content (AvgIpc) is 1.67. The molecule has 2 aromatic heterocycles. The van der Waals surface area contributed by atoms with Crippen molar-refractivity contribution in [2.45, 2.75) is 12.8 Å². The molecule has 15 aromatic rings. The Morgan fingerprint density at radius 2 is 0.611 bits per heavy atom. The number of aromatic nitrogens is 2. The zero-order valence-corrected chi connectivity index (χ0v) is 49.7. The van der Waals surface area contributed by atoms with E-state index >= 15 is 0 Å². The lowest BCUT2D eigenvalue weighted by Crippen LogP contribution is -2.09. The van der Waals surface area contributed by atoms with Gasteiger partial charge in [0.1, 0.15) is 0 Å². The van der Waals surface area contributed by atoms with Gasteiger partial charge >= 0.3 is 0 Å². The van der Waals surface area contributed by atoms with Gasteiger partial charge in [-0.15, -0.1) is 0 Å². The van der Waals surface area contributed by atoms with E-state index in [-0.39, 0.29) is 0 Å². The highest BCUT2D eigenvalue weighted by Gasteiger charge is 2.22. The third-order valence-electron chi connectivity index (χ3n) is 17.7. The first kappa shape index (κ1) is 53.7. The molecule has 0 aliphatic heterocycles. The van der Waals surface area contributed by atoms with Crippen LogP contribution in [0.5, 0.6) is 0 Å². The summed E-state index contributed by atoms with van der Waals surface area (Å²) in [7, 11) is 0. The van der Waals surface area contributed by atoms with Gasteiger partial charge < -0.3 is 18.9 Å². The molecular weight excluding hydrogens is 1090 g/mol. The van der Waals surface area contributed by atoms with Gasteiger partial charge in [-0.3, -0.25) is 0 Å². The van der Waals surface area contributed by atoms with Crippen LogP contribution in [-0.2, 0) is 0 Å². The Morgan fingerprint density at radius 3 is 1.04 bits per heavy atom. The summed E-state index contributed by atoms with van der Waals surface area (Å²) in [4.78, 5) is 4.74. The van der Waals surface area contributed by atoms with Crippen LogP contribution in [0.2, 0.25) is 0 Å². The first-order chi connectivity index (χ1) is 44.6. The van der Waals surface area contributed by atoms with Crippen molar-refractivity contribution >= 4 is 95.5 Å². The average molecular weight is 1150 g/mol. The minimum Gasteiger partial charge on any atom is -0.310 e. The Morgan fingerprint density at radius 1 is 0.267 bits per heavy atom. The fourth-order valence-electron chi connectivity index (χ4n) is 13.5. The molecule has 0 radical (unpaired) electrons. The van der Waals surface area contributed by atoms with E-state index in [1.54, 1.807) is 0 Å². The Labute approximate surface area is 525 Å². The van der Waals surface area contributed by atoms with Crippen molar-refractivity contribution in [3.05, 3.63) is 356 Å². The minimum atomic E-state index is 1.06. The van der Waals surface area contributed by atoms with Gasteiger partial charge in [0.05, 0.1) is 22.1 Å². The molecule has 16 rings (SSSR count). The van der Waals surface area contributed by atoms with Gasteiger partial charge in [-0.2, -0.15) is 0 Å². The second kappa shape index (κ2) is 23.5. The van der Waals surface area contributed by atoms with Crippen molar-refractivity contribution in [1.82, 2.24) is 9.13 Å². The molecular formula is C86H62N4. The Kier molecular flexibility index (Phi) is 14.0. The van der Waals surface area contributed by atoms with E-state index in [2.05, 4.69) is 371 Å². The number of para-hydroxylation sites is 4. The highest BCUT2D eigenvalue weighted by atomic mass is 15.1. The highest BCUT2D eigenvalue weighted by Crippen LogP contribution is 2.45. The normalized spacial score (nSPS) is 12.3. The number of fused-ring (bicyclic) bond motifs is 6. The van der Waals surface area contributed by atoms with Crippen LogP contribution in [0.1, 0.15) is 29.5 Å². The Hall–Kier alpha value is -11.7. The molecule has 426 valence electrons. The maximum atomic E-state index is 2.41. The van der Waals surface area contributed by atoms with Crippen LogP contribution >= 0.6 is 0 Å². The van der Waals surface area contributed by atoms with E-state index in [9.17, 15) is 0 Å². The number of hydrogen-bond acceptors (Lipinski definition) is 2. The molecule has 1 aliphatic rings. The van der Waals surface area contributed by atoms with Gasteiger partial charge in [-0.25, -0.2) is 0 Å². The quantitative estimate of drug-likeness (QED) is 0.101. The fraction of sp³-hybridized carbons (Fsp3) is 0.0233. The van der Waals surface area contributed by atoms with E-state index < -0.39 is 0 Å². The smallest absolute Gasteiger partial charge is 0.0542 e. The molecule has 13 aromatic carbocycles. The SMILES string of the molecule is C1=CC(c2ccccc2-c2ccc3c(c2)c2cc(N(c4ccccc4)c4ccc(/C=C/c5ccc(N(c6ccccc6)c6ccc7c(c6)c6cc(-c8ccccc8-c8ccccc8)ccc6n7-c6ccccc6)cc5)cc4)ccc2n3-c2ccccc2)=CCC1. The lowest BCUT2D eigenvalue weighted by molar-refractivity contribution is 1.04. The van der Waals surface area contributed by atoms with Crippen LogP contribution in [0.4, 0.5) is 34.1 Å². The third kappa shape index (κ3) is 10.1. The number of nitrogens with zero attached hydrogens (tertiary/aromatic N) is 4. The molecule has 0 fully saturated rings. The molecule has 0 amide bonds. The van der Waals surface area contributed by atoms with Gasteiger partial charge in [0, 0.05) is 67.0 Å². The summed E-state index contributed by atoms with van der Waals surface area (Å²) in [6.07, 6.45) is 13.5. The van der Waals surface area contributed by atoms with Gasteiger partial charge in [-0.05, 0) is 202 Å². The molecule has 0 bridgehead atoms. The molecule has 0 N–H and O–H groups in total.